The number of rotatable bonds is 7. The van der Waals surface area contributed by atoms with Crippen LogP contribution in [-0.2, 0) is 14.3 Å². The number of carboxylic acid groups (broad SMARTS) is 1. The molecular formula is C15H20FNO4. The second-order valence-corrected chi connectivity index (χ2v) is 5.28. The van der Waals surface area contributed by atoms with E-state index in [0.717, 1.165) is 5.56 Å². The second-order valence-electron chi connectivity index (χ2n) is 5.28. The van der Waals surface area contributed by atoms with Gasteiger partial charge in [-0.25, -0.2) is 9.18 Å². The number of nitrogens with one attached hydrogen (secondary N) is 1. The van der Waals surface area contributed by atoms with Gasteiger partial charge in [0.1, 0.15) is 5.82 Å². The van der Waals surface area contributed by atoms with Crippen LogP contribution >= 0.6 is 0 Å². The van der Waals surface area contributed by atoms with E-state index in [1.807, 2.05) is 6.92 Å². The van der Waals surface area contributed by atoms with Gasteiger partial charge in [0.25, 0.3) is 0 Å². The Bertz CT molecular complexity index is 503. The van der Waals surface area contributed by atoms with Crippen LogP contribution in [0.1, 0.15) is 31.7 Å². The number of benzene rings is 1. The first kappa shape index (κ1) is 17.1. The molecule has 2 N–H and O–H groups in total. The molecule has 0 aliphatic heterocycles. The molecule has 1 aromatic carbocycles. The number of methoxy groups -OCH3 is 1. The van der Waals surface area contributed by atoms with Crippen molar-refractivity contribution in [1.29, 1.82) is 0 Å². The summed E-state index contributed by atoms with van der Waals surface area (Å²) >= 11 is 0. The Morgan fingerprint density at radius 2 is 1.95 bits per heavy atom. The van der Waals surface area contributed by atoms with Crippen LogP contribution in [0.2, 0.25) is 0 Å². The molecule has 0 fully saturated rings. The van der Waals surface area contributed by atoms with E-state index < -0.39 is 17.4 Å². The summed E-state index contributed by atoms with van der Waals surface area (Å²) in [5, 5.41) is 11.6. The molecule has 0 heterocycles. The van der Waals surface area contributed by atoms with Crippen molar-refractivity contribution < 1.29 is 23.8 Å². The first-order valence-electron chi connectivity index (χ1n) is 6.57. The van der Waals surface area contributed by atoms with Crippen molar-refractivity contribution in [3.8, 4) is 0 Å². The summed E-state index contributed by atoms with van der Waals surface area (Å²) in [7, 11) is 1.37. The average molecular weight is 297 g/mol. The molecule has 0 spiro atoms. The Kier molecular flexibility index (Phi) is 5.84. The third-order valence-corrected chi connectivity index (χ3v) is 3.25. The maximum Gasteiger partial charge on any atom is 0.331 e. The first-order chi connectivity index (χ1) is 9.78. The monoisotopic (exact) mass is 297 g/mol. The van der Waals surface area contributed by atoms with Crippen LogP contribution in [-0.4, -0.2) is 36.2 Å². The molecule has 0 aliphatic carbocycles. The molecule has 6 heteroatoms. The summed E-state index contributed by atoms with van der Waals surface area (Å²) in [5.74, 6) is -2.04. The van der Waals surface area contributed by atoms with Gasteiger partial charge in [-0.2, -0.15) is 0 Å². The van der Waals surface area contributed by atoms with Crippen LogP contribution in [0.4, 0.5) is 4.39 Å². The Morgan fingerprint density at radius 3 is 2.43 bits per heavy atom. The fraction of sp³-hybridized carbons (Fsp3) is 0.467. The number of amides is 1. The minimum atomic E-state index is -1.46. The summed E-state index contributed by atoms with van der Waals surface area (Å²) < 4.78 is 17.7. The Morgan fingerprint density at radius 1 is 1.38 bits per heavy atom. The molecule has 0 saturated carbocycles. The van der Waals surface area contributed by atoms with E-state index in [-0.39, 0.29) is 24.8 Å². The maximum atomic E-state index is 12.9. The summed E-state index contributed by atoms with van der Waals surface area (Å²) in [5.41, 5.74) is -0.649. The van der Waals surface area contributed by atoms with Crippen molar-refractivity contribution in [1.82, 2.24) is 5.32 Å². The summed E-state index contributed by atoms with van der Waals surface area (Å²) in [6.07, 6.45) is 0.109. The van der Waals surface area contributed by atoms with Crippen molar-refractivity contribution >= 4 is 11.9 Å². The summed E-state index contributed by atoms with van der Waals surface area (Å²) in [6, 6.07) is 5.88. The van der Waals surface area contributed by atoms with Gasteiger partial charge in [0.05, 0.1) is 6.61 Å². The van der Waals surface area contributed by atoms with Gasteiger partial charge in [0.15, 0.2) is 5.54 Å². The first-order valence-corrected chi connectivity index (χ1v) is 6.57. The fourth-order valence-electron chi connectivity index (χ4n) is 1.99. The van der Waals surface area contributed by atoms with E-state index in [9.17, 15) is 14.0 Å². The molecule has 1 rings (SSSR count). The normalized spacial score (nSPS) is 15.0. The number of carbonyl (C=O) groups is 2. The van der Waals surface area contributed by atoms with Crippen molar-refractivity contribution in [2.75, 3.05) is 13.7 Å². The van der Waals surface area contributed by atoms with Crippen molar-refractivity contribution in [2.45, 2.75) is 31.7 Å². The van der Waals surface area contributed by atoms with Gasteiger partial charge in [0.2, 0.25) is 5.91 Å². The maximum absolute atomic E-state index is 12.9. The van der Waals surface area contributed by atoms with Gasteiger partial charge in [-0.3, -0.25) is 4.79 Å². The van der Waals surface area contributed by atoms with E-state index >= 15 is 0 Å². The minimum Gasteiger partial charge on any atom is -0.479 e. The lowest BCUT2D eigenvalue weighted by atomic mass is 9.96. The van der Waals surface area contributed by atoms with E-state index in [0.29, 0.717) is 0 Å². The van der Waals surface area contributed by atoms with E-state index in [2.05, 4.69) is 5.32 Å². The van der Waals surface area contributed by atoms with Gasteiger partial charge < -0.3 is 15.2 Å². The Hall–Kier alpha value is -1.95. The zero-order chi connectivity index (χ0) is 16.0. The van der Waals surface area contributed by atoms with E-state index in [4.69, 9.17) is 9.84 Å². The molecule has 5 nitrogen and oxygen atoms in total. The highest BCUT2D eigenvalue weighted by Crippen LogP contribution is 2.19. The van der Waals surface area contributed by atoms with Crippen LogP contribution in [0.3, 0.4) is 0 Å². The number of carboxylic acids is 1. The average Bonchev–Trinajstić information content (AvgIpc) is 2.39. The highest BCUT2D eigenvalue weighted by Gasteiger charge is 2.35. The fourth-order valence-corrected chi connectivity index (χ4v) is 1.99. The molecule has 0 radical (unpaired) electrons. The van der Waals surface area contributed by atoms with Gasteiger partial charge >= 0.3 is 5.97 Å². The van der Waals surface area contributed by atoms with Gasteiger partial charge in [-0.05, 0) is 30.5 Å². The van der Waals surface area contributed by atoms with E-state index in [1.54, 1.807) is 12.1 Å². The number of aliphatic carboxylic acids is 1. The van der Waals surface area contributed by atoms with Gasteiger partial charge in [0, 0.05) is 13.5 Å². The van der Waals surface area contributed by atoms with E-state index in [1.165, 1.54) is 26.2 Å². The minimum absolute atomic E-state index is 0.109. The third kappa shape index (κ3) is 4.82. The SMILES string of the molecule is COCC(C)(NC(=O)CC(C)c1ccc(F)cc1)C(=O)O. The molecule has 0 bridgehead atoms. The molecule has 0 saturated heterocycles. The van der Waals surface area contributed by atoms with Crippen LogP contribution in [0.15, 0.2) is 24.3 Å². The predicted molar refractivity (Wildman–Crippen MR) is 75.5 cm³/mol. The molecule has 21 heavy (non-hydrogen) atoms. The number of hydrogen-bond donors (Lipinski definition) is 2. The lowest BCUT2D eigenvalue weighted by Crippen LogP contribution is -2.55. The number of carbonyl (C=O) groups excluding carboxylic acids is 1. The lowest BCUT2D eigenvalue weighted by Gasteiger charge is -2.26. The van der Waals surface area contributed by atoms with Gasteiger partial charge in [-0.1, -0.05) is 19.1 Å². The predicted octanol–water partition coefficient (Wildman–Crippen LogP) is 1.93. The van der Waals surface area contributed by atoms with Crippen LogP contribution in [0.5, 0.6) is 0 Å². The van der Waals surface area contributed by atoms with Gasteiger partial charge in [-0.15, -0.1) is 0 Å². The molecule has 2 atom stereocenters. The summed E-state index contributed by atoms with van der Waals surface area (Å²) in [6.45, 7) is 3.08. The zero-order valence-corrected chi connectivity index (χ0v) is 12.4. The summed E-state index contributed by atoms with van der Waals surface area (Å²) in [4.78, 5) is 23.2. The van der Waals surface area contributed by atoms with Crippen LogP contribution in [0, 0.1) is 5.82 Å². The largest absolute Gasteiger partial charge is 0.479 e. The van der Waals surface area contributed by atoms with Crippen molar-refractivity contribution in [3.63, 3.8) is 0 Å². The highest BCUT2D eigenvalue weighted by molar-refractivity contribution is 5.87. The molecule has 1 aromatic rings. The van der Waals surface area contributed by atoms with Crippen molar-refractivity contribution in [2.24, 2.45) is 0 Å². The molecule has 116 valence electrons. The van der Waals surface area contributed by atoms with Crippen LogP contribution < -0.4 is 5.32 Å². The molecule has 0 aliphatic rings. The van der Waals surface area contributed by atoms with Crippen LogP contribution in [0.25, 0.3) is 0 Å². The standard InChI is InChI=1S/C15H20FNO4/c1-10(11-4-6-12(16)7-5-11)8-13(18)17-15(2,9-21-3)14(19)20/h4-7,10H,8-9H2,1-3H3,(H,17,18)(H,19,20). The number of ether oxygens (including phenoxy) is 1. The Labute approximate surface area is 123 Å². The highest BCUT2D eigenvalue weighted by atomic mass is 19.1. The quantitative estimate of drug-likeness (QED) is 0.806. The second kappa shape index (κ2) is 7.17. The molecule has 2 unspecified atom stereocenters. The van der Waals surface area contributed by atoms with Crippen molar-refractivity contribution in [3.05, 3.63) is 35.6 Å². The smallest absolute Gasteiger partial charge is 0.331 e. The third-order valence-electron chi connectivity index (χ3n) is 3.25. The zero-order valence-electron chi connectivity index (χ0n) is 12.4. The molecular weight excluding hydrogens is 277 g/mol. The molecule has 0 aromatic heterocycles. The molecule has 1 amide bonds. The number of hydrogen-bond acceptors (Lipinski definition) is 3. The topological polar surface area (TPSA) is 75.6 Å². The Balaban J connectivity index is 2.67. The lowest BCUT2D eigenvalue weighted by molar-refractivity contribution is -0.149. The number of halogens is 1.